The molecule has 2 aromatic rings. The van der Waals surface area contributed by atoms with Crippen LogP contribution in [0.5, 0.6) is 5.75 Å². The van der Waals surface area contributed by atoms with Crippen molar-refractivity contribution in [2.75, 3.05) is 24.2 Å². The van der Waals surface area contributed by atoms with Crippen LogP contribution in [-0.4, -0.2) is 57.1 Å². The van der Waals surface area contributed by atoms with E-state index in [1.807, 2.05) is 0 Å². The fourth-order valence-corrected chi connectivity index (χ4v) is 5.49. The van der Waals surface area contributed by atoms with Gasteiger partial charge >= 0.3 is 0 Å². The molecule has 1 saturated carbocycles. The second-order valence-electron chi connectivity index (χ2n) is 9.51. The van der Waals surface area contributed by atoms with Crippen molar-refractivity contribution in [3.05, 3.63) is 59.7 Å². The highest BCUT2D eigenvalue weighted by Crippen LogP contribution is 2.23. The SMILES string of the molecule is CC[C@H](C(=O)NC1CCCCC1)N(Cc1ccc(OC)cc1)C(=O)CN(c1ccc(F)c(F)c1)S(C)(=O)=O. The number of sulfonamides is 1. The highest BCUT2D eigenvalue weighted by molar-refractivity contribution is 7.92. The Morgan fingerprint density at radius 3 is 2.26 bits per heavy atom. The summed E-state index contributed by atoms with van der Waals surface area (Å²) in [4.78, 5) is 28.4. The van der Waals surface area contributed by atoms with E-state index in [4.69, 9.17) is 4.74 Å². The topological polar surface area (TPSA) is 96.0 Å². The zero-order valence-electron chi connectivity index (χ0n) is 22.0. The number of hydrogen-bond donors (Lipinski definition) is 1. The number of benzene rings is 2. The van der Waals surface area contributed by atoms with Gasteiger partial charge in [-0.15, -0.1) is 0 Å². The number of amides is 2. The molecule has 1 aliphatic carbocycles. The third kappa shape index (κ3) is 7.66. The van der Waals surface area contributed by atoms with Gasteiger partial charge in [-0.3, -0.25) is 13.9 Å². The van der Waals surface area contributed by atoms with Crippen LogP contribution in [0.15, 0.2) is 42.5 Å². The van der Waals surface area contributed by atoms with Gasteiger partial charge in [-0.25, -0.2) is 17.2 Å². The molecule has 8 nitrogen and oxygen atoms in total. The van der Waals surface area contributed by atoms with E-state index >= 15 is 0 Å². The lowest BCUT2D eigenvalue weighted by atomic mass is 9.95. The van der Waals surface area contributed by atoms with E-state index in [0.717, 1.165) is 56.6 Å². The van der Waals surface area contributed by atoms with Gasteiger partial charge in [-0.05, 0) is 49.1 Å². The Hall–Kier alpha value is -3.21. The van der Waals surface area contributed by atoms with E-state index in [1.54, 1.807) is 31.2 Å². The zero-order valence-corrected chi connectivity index (χ0v) is 22.8. The molecule has 0 unspecified atom stereocenters. The minimum Gasteiger partial charge on any atom is -0.497 e. The molecule has 1 atom stereocenters. The van der Waals surface area contributed by atoms with Crippen molar-refractivity contribution in [1.29, 1.82) is 0 Å². The van der Waals surface area contributed by atoms with E-state index in [2.05, 4.69) is 5.32 Å². The molecule has 1 aliphatic rings. The number of anilines is 1. The van der Waals surface area contributed by atoms with Gasteiger partial charge in [-0.2, -0.15) is 0 Å². The summed E-state index contributed by atoms with van der Waals surface area (Å²) in [5.41, 5.74) is 0.519. The number of halogens is 2. The van der Waals surface area contributed by atoms with Gasteiger partial charge in [0.05, 0.1) is 19.1 Å². The number of carbonyl (C=O) groups excluding carboxylic acids is 2. The number of carbonyl (C=O) groups is 2. The Morgan fingerprint density at radius 2 is 1.71 bits per heavy atom. The van der Waals surface area contributed by atoms with E-state index in [9.17, 15) is 26.8 Å². The predicted octanol–water partition coefficient (Wildman–Crippen LogP) is 4.00. The Labute approximate surface area is 223 Å². The maximum atomic E-state index is 13.9. The molecule has 0 saturated heterocycles. The summed E-state index contributed by atoms with van der Waals surface area (Å²) in [6, 6.07) is 8.75. The van der Waals surface area contributed by atoms with Crippen LogP contribution in [0.25, 0.3) is 0 Å². The molecule has 1 fully saturated rings. The standard InChI is InChI=1S/C27H35F2N3O5S/c1-4-25(27(34)30-20-8-6-5-7-9-20)31(17-19-10-13-22(37-2)14-11-19)26(33)18-32(38(3,35)36)21-12-15-23(28)24(29)16-21/h10-16,20,25H,4-9,17-18H2,1-3H3,(H,30,34)/t25-/m1/s1. The Bertz CT molecular complexity index is 1220. The average molecular weight is 552 g/mol. The minimum atomic E-state index is -4.05. The molecule has 1 N–H and O–H groups in total. The molecule has 38 heavy (non-hydrogen) atoms. The molecule has 0 bridgehead atoms. The zero-order chi connectivity index (χ0) is 27.9. The van der Waals surface area contributed by atoms with Gasteiger partial charge in [-0.1, -0.05) is 38.3 Å². The molecular weight excluding hydrogens is 516 g/mol. The smallest absolute Gasteiger partial charge is 0.244 e. The molecular formula is C27H35F2N3O5S. The lowest BCUT2D eigenvalue weighted by Crippen LogP contribution is -2.53. The van der Waals surface area contributed by atoms with Gasteiger partial charge in [0.1, 0.15) is 18.3 Å². The average Bonchev–Trinajstić information content (AvgIpc) is 2.89. The summed E-state index contributed by atoms with van der Waals surface area (Å²) >= 11 is 0. The highest BCUT2D eigenvalue weighted by Gasteiger charge is 2.33. The molecule has 0 aliphatic heterocycles. The summed E-state index contributed by atoms with van der Waals surface area (Å²) in [7, 11) is -2.52. The number of methoxy groups -OCH3 is 1. The maximum absolute atomic E-state index is 13.9. The van der Waals surface area contributed by atoms with Gasteiger partial charge in [0, 0.05) is 18.7 Å². The third-order valence-corrected chi connectivity index (χ3v) is 7.86. The van der Waals surface area contributed by atoms with E-state index in [-0.39, 0.29) is 24.2 Å². The van der Waals surface area contributed by atoms with Crippen molar-refractivity contribution in [1.82, 2.24) is 10.2 Å². The molecule has 0 radical (unpaired) electrons. The van der Waals surface area contributed by atoms with Gasteiger partial charge < -0.3 is 15.0 Å². The van der Waals surface area contributed by atoms with Crippen LogP contribution in [-0.2, 0) is 26.2 Å². The van der Waals surface area contributed by atoms with Crippen LogP contribution in [0, 0.1) is 11.6 Å². The molecule has 2 amide bonds. The molecule has 0 spiro atoms. The molecule has 208 valence electrons. The molecule has 3 rings (SSSR count). The number of nitrogens with one attached hydrogen (secondary N) is 1. The van der Waals surface area contributed by atoms with Crippen molar-refractivity contribution in [2.45, 2.75) is 64.1 Å². The highest BCUT2D eigenvalue weighted by atomic mass is 32.2. The van der Waals surface area contributed by atoms with Crippen LogP contribution in [0.1, 0.15) is 51.0 Å². The lowest BCUT2D eigenvalue weighted by molar-refractivity contribution is -0.140. The Kier molecular flexibility index (Phi) is 10.1. The first-order valence-electron chi connectivity index (χ1n) is 12.7. The van der Waals surface area contributed by atoms with Gasteiger partial charge in [0.15, 0.2) is 11.6 Å². The monoisotopic (exact) mass is 551 g/mol. The minimum absolute atomic E-state index is 0.0259. The van der Waals surface area contributed by atoms with E-state index in [0.29, 0.717) is 22.0 Å². The van der Waals surface area contributed by atoms with Gasteiger partial charge in [0.2, 0.25) is 21.8 Å². The van der Waals surface area contributed by atoms with Crippen molar-refractivity contribution in [2.24, 2.45) is 0 Å². The summed E-state index contributed by atoms with van der Waals surface area (Å²) in [6.07, 6.45) is 6.07. The van der Waals surface area contributed by atoms with E-state index < -0.39 is 40.2 Å². The van der Waals surface area contributed by atoms with Crippen LogP contribution >= 0.6 is 0 Å². The first-order valence-corrected chi connectivity index (χ1v) is 14.5. The second kappa shape index (κ2) is 13.0. The Balaban J connectivity index is 1.92. The molecule has 0 aromatic heterocycles. The fourth-order valence-electron chi connectivity index (χ4n) is 4.65. The molecule has 11 heteroatoms. The largest absolute Gasteiger partial charge is 0.497 e. The van der Waals surface area contributed by atoms with Crippen molar-refractivity contribution < 1.29 is 31.5 Å². The van der Waals surface area contributed by atoms with Crippen molar-refractivity contribution >= 4 is 27.5 Å². The maximum Gasteiger partial charge on any atom is 0.244 e. The molecule has 2 aromatic carbocycles. The summed E-state index contributed by atoms with van der Waals surface area (Å²) in [6.45, 7) is 1.13. The van der Waals surface area contributed by atoms with E-state index in [1.165, 1.54) is 12.0 Å². The first kappa shape index (κ1) is 29.3. The Morgan fingerprint density at radius 1 is 1.05 bits per heavy atom. The number of ether oxygens (including phenoxy) is 1. The summed E-state index contributed by atoms with van der Waals surface area (Å²) < 4.78 is 58.5. The number of rotatable bonds is 11. The van der Waals surface area contributed by atoms with Crippen LogP contribution < -0.4 is 14.4 Å². The number of nitrogens with zero attached hydrogens (tertiary/aromatic N) is 2. The quantitative estimate of drug-likeness (QED) is 0.456. The predicted molar refractivity (Wildman–Crippen MR) is 141 cm³/mol. The molecule has 0 heterocycles. The fraction of sp³-hybridized carbons (Fsp3) is 0.481. The van der Waals surface area contributed by atoms with Gasteiger partial charge in [0.25, 0.3) is 0 Å². The summed E-state index contributed by atoms with van der Waals surface area (Å²) in [5, 5.41) is 3.06. The third-order valence-electron chi connectivity index (χ3n) is 6.72. The first-order chi connectivity index (χ1) is 18.0. The van der Waals surface area contributed by atoms with Crippen molar-refractivity contribution in [3.63, 3.8) is 0 Å². The summed E-state index contributed by atoms with van der Waals surface area (Å²) in [5.74, 6) is -2.71. The lowest BCUT2D eigenvalue weighted by Gasteiger charge is -2.34. The van der Waals surface area contributed by atoms with Crippen LogP contribution in [0.2, 0.25) is 0 Å². The van der Waals surface area contributed by atoms with Crippen LogP contribution in [0.4, 0.5) is 14.5 Å². The number of hydrogen-bond acceptors (Lipinski definition) is 5. The van der Waals surface area contributed by atoms with Crippen LogP contribution in [0.3, 0.4) is 0 Å². The second-order valence-corrected chi connectivity index (χ2v) is 11.4. The van der Waals surface area contributed by atoms with Crippen molar-refractivity contribution in [3.8, 4) is 5.75 Å². The normalized spacial score (nSPS) is 15.0.